The van der Waals surface area contributed by atoms with Gasteiger partial charge in [-0.25, -0.2) is 4.39 Å². The van der Waals surface area contributed by atoms with Crippen molar-refractivity contribution in [2.24, 2.45) is 7.05 Å². The second-order valence-corrected chi connectivity index (χ2v) is 4.88. The van der Waals surface area contributed by atoms with Gasteiger partial charge < -0.3 is 4.74 Å². The molecule has 1 heterocycles. The van der Waals surface area contributed by atoms with E-state index >= 15 is 0 Å². The normalized spacial score (nSPS) is 10.0. The lowest BCUT2D eigenvalue weighted by molar-refractivity contribution is 0.305. The molecule has 0 N–H and O–H groups in total. The minimum Gasteiger partial charge on any atom is -0.490 e. The highest BCUT2D eigenvalue weighted by atomic mass is 35.5. The fourth-order valence-corrected chi connectivity index (χ4v) is 1.88. The van der Waals surface area contributed by atoms with Crippen LogP contribution in [-0.4, -0.2) is 22.3 Å². The fraction of sp³-hybridized carbons (Fsp3) is 0.312. The highest BCUT2D eigenvalue weighted by Gasteiger charge is 2.05. The third-order valence-electron chi connectivity index (χ3n) is 2.79. The summed E-state index contributed by atoms with van der Waals surface area (Å²) in [5.41, 5.74) is 1.77. The van der Waals surface area contributed by atoms with Gasteiger partial charge in [0.15, 0.2) is 11.6 Å². The Morgan fingerprint density at radius 2 is 2.29 bits per heavy atom. The van der Waals surface area contributed by atoms with Crippen LogP contribution in [0.5, 0.6) is 5.75 Å². The number of nitrogens with zero attached hydrogens (tertiary/aromatic N) is 2. The van der Waals surface area contributed by atoms with Crippen LogP contribution in [0.2, 0.25) is 0 Å². The molecule has 3 nitrogen and oxygen atoms in total. The molecule has 0 spiro atoms. The van der Waals surface area contributed by atoms with Crippen LogP contribution in [0.3, 0.4) is 0 Å². The first-order chi connectivity index (χ1) is 10.2. The van der Waals surface area contributed by atoms with Gasteiger partial charge in [-0.3, -0.25) is 4.68 Å². The fourth-order valence-electron chi connectivity index (χ4n) is 1.78. The Morgan fingerprint density at radius 1 is 1.43 bits per heavy atom. The van der Waals surface area contributed by atoms with E-state index < -0.39 is 0 Å². The second-order valence-electron chi connectivity index (χ2n) is 4.51. The summed E-state index contributed by atoms with van der Waals surface area (Å²) in [6, 6.07) is 4.61. The summed E-state index contributed by atoms with van der Waals surface area (Å²) in [6.07, 6.45) is 4.97. The van der Waals surface area contributed by atoms with Gasteiger partial charge in [0.25, 0.3) is 0 Å². The lowest BCUT2D eigenvalue weighted by Crippen LogP contribution is -2.02. The van der Waals surface area contributed by atoms with E-state index in [0.29, 0.717) is 25.3 Å². The van der Waals surface area contributed by atoms with Gasteiger partial charge in [-0.05, 0) is 23.8 Å². The molecule has 0 aliphatic rings. The Hall–Kier alpha value is -1.99. The molecule has 0 fully saturated rings. The van der Waals surface area contributed by atoms with Crippen LogP contribution in [0.15, 0.2) is 30.6 Å². The largest absolute Gasteiger partial charge is 0.490 e. The smallest absolute Gasteiger partial charge is 0.165 e. The first kappa shape index (κ1) is 15.4. The van der Waals surface area contributed by atoms with Crippen LogP contribution in [-0.2, 0) is 13.5 Å². The number of ether oxygens (including phenoxy) is 1. The molecule has 0 saturated heterocycles. The van der Waals surface area contributed by atoms with Crippen molar-refractivity contribution in [2.45, 2.75) is 12.8 Å². The average molecular weight is 307 g/mol. The van der Waals surface area contributed by atoms with E-state index in [2.05, 4.69) is 16.9 Å². The van der Waals surface area contributed by atoms with Crippen molar-refractivity contribution in [1.82, 2.24) is 9.78 Å². The molecule has 110 valence electrons. The van der Waals surface area contributed by atoms with E-state index in [-0.39, 0.29) is 11.6 Å². The van der Waals surface area contributed by atoms with E-state index in [1.54, 1.807) is 23.0 Å². The van der Waals surface area contributed by atoms with Gasteiger partial charge >= 0.3 is 0 Å². The summed E-state index contributed by atoms with van der Waals surface area (Å²) < 4.78 is 20.9. The van der Waals surface area contributed by atoms with Crippen molar-refractivity contribution >= 4 is 11.6 Å². The maximum absolute atomic E-state index is 13.7. The molecule has 0 radical (unpaired) electrons. The Balaban J connectivity index is 1.95. The summed E-state index contributed by atoms with van der Waals surface area (Å²) in [6.45, 7) is 0.390. The van der Waals surface area contributed by atoms with E-state index in [4.69, 9.17) is 16.3 Å². The van der Waals surface area contributed by atoms with Gasteiger partial charge in [0.2, 0.25) is 0 Å². The Labute approximate surface area is 128 Å². The predicted octanol–water partition coefficient (Wildman–Crippen LogP) is 3.16. The zero-order chi connectivity index (χ0) is 15.1. The minimum atomic E-state index is -0.385. The molecule has 2 aromatic rings. The summed E-state index contributed by atoms with van der Waals surface area (Å²) in [4.78, 5) is 0. The Morgan fingerprint density at radius 3 is 3.00 bits per heavy atom. The second kappa shape index (κ2) is 7.70. The van der Waals surface area contributed by atoms with Gasteiger partial charge in [0.05, 0.1) is 12.8 Å². The number of alkyl halides is 1. The molecular formula is C16H16ClFN2O. The van der Waals surface area contributed by atoms with E-state index in [0.717, 1.165) is 11.1 Å². The molecule has 5 heteroatoms. The van der Waals surface area contributed by atoms with Crippen LogP contribution >= 0.6 is 11.6 Å². The number of halogens is 2. The number of aryl methyl sites for hydroxylation is 1. The molecule has 21 heavy (non-hydrogen) atoms. The van der Waals surface area contributed by atoms with E-state index in [1.165, 1.54) is 6.07 Å². The van der Waals surface area contributed by atoms with Gasteiger partial charge in [0.1, 0.15) is 0 Å². The topological polar surface area (TPSA) is 27.1 Å². The lowest BCUT2D eigenvalue weighted by Gasteiger charge is -2.06. The van der Waals surface area contributed by atoms with Crippen molar-refractivity contribution in [2.75, 3.05) is 12.5 Å². The molecule has 1 aromatic heterocycles. The van der Waals surface area contributed by atoms with Gasteiger partial charge in [-0.1, -0.05) is 11.8 Å². The van der Waals surface area contributed by atoms with E-state index in [9.17, 15) is 4.39 Å². The Kier molecular flexibility index (Phi) is 5.65. The van der Waals surface area contributed by atoms with Crippen LogP contribution in [0.1, 0.15) is 17.5 Å². The first-order valence-electron chi connectivity index (χ1n) is 6.64. The number of hydrogen-bond donors (Lipinski definition) is 0. The number of hydrogen-bond acceptors (Lipinski definition) is 2. The average Bonchev–Trinajstić information content (AvgIpc) is 2.88. The molecule has 0 amide bonds. The molecule has 0 bridgehead atoms. The third-order valence-corrected chi connectivity index (χ3v) is 2.98. The first-order valence-corrected chi connectivity index (χ1v) is 7.17. The zero-order valence-corrected chi connectivity index (χ0v) is 12.5. The van der Waals surface area contributed by atoms with Gasteiger partial charge in [0, 0.05) is 37.5 Å². The van der Waals surface area contributed by atoms with Crippen molar-refractivity contribution in [3.8, 4) is 17.6 Å². The minimum absolute atomic E-state index is 0.219. The number of rotatable bonds is 5. The van der Waals surface area contributed by atoms with Crippen molar-refractivity contribution in [3.05, 3.63) is 47.5 Å². The molecular weight excluding hydrogens is 291 g/mol. The summed E-state index contributed by atoms with van der Waals surface area (Å²) >= 11 is 5.56. The van der Waals surface area contributed by atoms with Crippen LogP contribution in [0.4, 0.5) is 4.39 Å². The van der Waals surface area contributed by atoms with Gasteiger partial charge in [-0.15, -0.1) is 11.6 Å². The maximum Gasteiger partial charge on any atom is 0.165 e. The van der Waals surface area contributed by atoms with Crippen molar-refractivity contribution < 1.29 is 9.13 Å². The zero-order valence-electron chi connectivity index (χ0n) is 11.8. The standard InChI is InChI=1S/C16H16ClFN2O/c1-20-12-14(11-19-20)7-9-21-16-10-13(4-2-3-8-17)5-6-15(16)18/h5-6,10-12H,3,7-9H2,1H3. The van der Waals surface area contributed by atoms with Crippen LogP contribution < -0.4 is 4.74 Å². The maximum atomic E-state index is 13.7. The van der Waals surface area contributed by atoms with Gasteiger partial charge in [-0.2, -0.15) is 5.10 Å². The molecule has 0 unspecified atom stereocenters. The highest BCUT2D eigenvalue weighted by Crippen LogP contribution is 2.18. The van der Waals surface area contributed by atoms with E-state index in [1.807, 2.05) is 13.2 Å². The molecule has 2 rings (SSSR count). The highest BCUT2D eigenvalue weighted by molar-refractivity contribution is 6.18. The molecule has 1 aromatic carbocycles. The Bertz CT molecular complexity index is 658. The predicted molar refractivity (Wildman–Crippen MR) is 81.0 cm³/mol. The monoisotopic (exact) mass is 306 g/mol. The molecule has 0 saturated carbocycles. The van der Waals surface area contributed by atoms with Crippen molar-refractivity contribution in [1.29, 1.82) is 0 Å². The summed E-state index contributed by atoms with van der Waals surface area (Å²) in [7, 11) is 1.85. The summed E-state index contributed by atoms with van der Waals surface area (Å²) in [5.74, 6) is 6.16. The molecule has 0 aliphatic carbocycles. The third kappa shape index (κ3) is 4.80. The SMILES string of the molecule is Cn1cc(CCOc2cc(C#CCCCl)ccc2F)cn1. The lowest BCUT2D eigenvalue weighted by atomic mass is 10.2. The molecule has 0 atom stereocenters. The quantitative estimate of drug-likeness (QED) is 0.627. The van der Waals surface area contributed by atoms with Crippen LogP contribution in [0.25, 0.3) is 0 Å². The molecule has 0 aliphatic heterocycles. The number of aromatic nitrogens is 2. The number of benzene rings is 1. The van der Waals surface area contributed by atoms with Crippen LogP contribution in [0, 0.1) is 17.7 Å². The summed E-state index contributed by atoms with van der Waals surface area (Å²) in [5, 5.41) is 4.07. The van der Waals surface area contributed by atoms with Crippen molar-refractivity contribution in [3.63, 3.8) is 0 Å².